The quantitative estimate of drug-likeness (QED) is 0.740. The van der Waals surface area contributed by atoms with Crippen LogP contribution < -0.4 is 10.2 Å². The van der Waals surface area contributed by atoms with Crippen LogP contribution >= 0.6 is 11.8 Å². The molecule has 6 nitrogen and oxygen atoms in total. The lowest BCUT2D eigenvalue weighted by Gasteiger charge is -2.17. The fourth-order valence-corrected chi connectivity index (χ4v) is 3.68. The third kappa shape index (κ3) is 5.17. The topological polar surface area (TPSA) is 69.7 Å². The zero-order valence-electron chi connectivity index (χ0n) is 16.8. The molecule has 7 heteroatoms. The Kier molecular flexibility index (Phi) is 6.59. The molecule has 0 bridgehead atoms. The summed E-state index contributed by atoms with van der Waals surface area (Å²) in [5, 5.41) is 2.91. The molecular weight excluding hydrogens is 386 g/mol. The van der Waals surface area contributed by atoms with Crippen LogP contribution in [0.5, 0.6) is 0 Å². The Morgan fingerprint density at radius 2 is 1.93 bits per heavy atom. The second-order valence-electron chi connectivity index (χ2n) is 7.17. The lowest BCUT2D eigenvalue weighted by atomic mass is 10.1. The average molecular weight is 412 g/mol. The van der Waals surface area contributed by atoms with Crippen molar-refractivity contribution >= 4 is 40.9 Å². The molecule has 3 amide bonds. The first-order valence-corrected chi connectivity index (χ1v) is 10.7. The van der Waals surface area contributed by atoms with Crippen molar-refractivity contribution in [2.45, 2.75) is 24.8 Å². The van der Waals surface area contributed by atoms with Crippen LogP contribution in [0.3, 0.4) is 0 Å². The molecule has 1 aliphatic heterocycles. The molecule has 0 spiro atoms. The van der Waals surface area contributed by atoms with E-state index in [4.69, 9.17) is 0 Å². The molecule has 1 N–H and O–H groups in total. The van der Waals surface area contributed by atoms with Crippen LogP contribution in [-0.4, -0.2) is 42.5 Å². The second-order valence-corrected chi connectivity index (χ2v) is 8.05. The van der Waals surface area contributed by atoms with Crippen LogP contribution in [0.25, 0.3) is 0 Å². The highest BCUT2D eigenvalue weighted by Gasteiger charge is 2.35. The number of nitrogens with zero attached hydrogens (tertiary/aromatic N) is 2. The molecule has 0 saturated carbocycles. The smallest absolute Gasteiger partial charge is 0.229 e. The number of hydrogen-bond acceptors (Lipinski definition) is 4. The minimum Gasteiger partial charge on any atom is -0.342 e. The van der Waals surface area contributed by atoms with Gasteiger partial charge >= 0.3 is 0 Å². The monoisotopic (exact) mass is 411 g/mol. The predicted molar refractivity (Wildman–Crippen MR) is 116 cm³/mol. The molecule has 0 radical (unpaired) electrons. The molecule has 1 fully saturated rings. The Labute approximate surface area is 175 Å². The highest BCUT2D eigenvalue weighted by Crippen LogP contribution is 2.28. The van der Waals surface area contributed by atoms with Crippen molar-refractivity contribution in [3.63, 3.8) is 0 Å². The molecule has 29 heavy (non-hydrogen) atoms. The Morgan fingerprint density at radius 1 is 1.21 bits per heavy atom. The maximum absolute atomic E-state index is 12.7. The van der Waals surface area contributed by atoms with Crippen LogP contribution in [-0.2, 0) is 20.9 Å². The second kappa shape index (κ2) is 9.13. The van der Waals surface area contributed by atoms with Gasteiger partial charge in [0.05, 0.1) is 5.92 Å². The molecule has 152 valence electrons. The molecule has 1 atom stereocenters. The Morgan fingerprint density at radius 3 is 2.59 bits per heavy atom. The summed E-state index contributed by atoms with van der Waals surface area (Å²) >= 11 is 1.64. The van der Waals surface area contributed by atoms with E-state index in [9.17, 15) is 14.4 Å². The number of anilines is 2. The van der Waals surface area contributed by atoms with Crippen molar-refractivity contribution in [2.75, 3.05) is 30.1 Å². The zero-order valence-corrected chi connectivity index (χ0v) is 17.7. The summed E-state index contributed by atoms with van der Waals surface area (Å²) in [6, 6.07) is 15.2. The van der Waals surface area contributed by atoms with Gasteiger partial charge < -0.3 is 15.1 Å². The van der Waals surface area contributed by atoms with Crippen molar-refractivity contribution < 1.29 is 14.4 Å². The minimum atomic E-state index is -0.397. The third-order valence-electron chi connectivity index (χ3n) is 5.03. The fraction of sp³-hybridized carbons (Fsp3) is 0.318. The number of nitrogens with one attached hydrogen (secondary N) is 1. The van der Waals surface area contributed by atoms with Crippen LogP contribution in [0.4, 0.5) is 11.4 Å². The van der Waals surface area contributed by atoms with Crippen LogP contribution in [0.1, 0.15) is 18.9 Å². The standard InChI is InChI=1S/C22H25N3O3S/c1-15(26)24(2)13-16-5-4-6-18(11-16)23-22(28)17-12-21(27)25(14-17)19-7-9-20(29-3)10-8-19/h4-11,17H,12-14H2,1-3H3,(H,23,28). The van der Waals surface area contributed by atoms with E-state index in [-0.39, 0.29) is 24.1 Å². The predicted octanol–water partition coefficient (Wildman–Crippen LogP) is 3.38. The van der Waals surface area contributed by atoms with Gasteiger partial charge in [-0.2, -0.15) is 0 Å². The molecule has 2 aromatic carbocycles. The fourth-order valence-electron chi connectivity index (χ4n) is 3.27. The lowest BCUT2D eigenvalue weighted by Crippen LogP contribution is -2.28. The third-order valence-corrected chi connectivity index (χ3v) is 5.78. The zero-order chi connectivity index (χ0) is 21.0. The van der Waals surface area contributed by atoms with E-state index in [1.165, 1.54) is 6.92 Å². The summed E-state index contributed by atoms with van der Waals surface area (Å²) in [6.07, 6.45) is 2.20. The molecule has 1 aliphatic rings. The highest BCUT2D eigenvalue weighted by atomic mass is 32.2. The first-order valence-electron chi connectivity index (χ1n) is 9.43. The van der Waals surface area contributed by atoms with E-state index in [1.54, 1.807) is 28.6 Å². The summed E-state index contributed by atoms with van der Waals surface area (Å²) in [4.78, 5) is 41.0. The highest BCUT2D eigenvalue weighted by molar-refractivity contribution is 7.98. The number of amides is 3. The van der Waals surface area contributed by atoms with Crippen LogP contribution in [0.2, 0.25) is 0 Å². The maximum Gasteiger partial charge on any atom is 0.229 e. The number of carbonyl (C=O) groups is 3. The van der Waals surface area contributed by atoms with Gasteiger partial charge in [-0.05, 0) is 48.2 Å². The van der Waals surface area contributed by atoms with Gasteiger partial charge in [-0.25, -0.2) is 0 Å². The summed E-state index contributed by atoms with van der Waals surface area (Å²) in [5.41, 5.74) is 2.41. The molecule has 0 aliphatic carbocycles. The van der Waals surface area contributed by atoms with Gasteiger partial charge in [0.25, 0.3) is 0 Å². The number of carbonyl (C=O) groups excluding carboxylic acids is 3. The largest absolute Gasteiger partial charge is 0.342 e. The van der Waals surface area contributed by atoms with E-state index in [2.05, 4.69) is 5.32 Å². The molecule has 3 rings (SSSR count). The number of hydrogen-bond donors (Lipinski definition) is 1. The van der Waals surface area contributed by atoms with E-state index in [0.717, 1.165) is 16.1 Å². The van der Waals surface area contributed by atoms with Crippen molar-refractivity contribution in [1.29, 1.82) is 0 Å². The van der Waals surface area contributed by atoms with Crippen molar-refractivity contribution in [1.82, 2.24) is 4.90 Å². The van der Waals surface area contributed by atoms with Crippen LogP contribution in [0.15, 0.2) is 53.4 Å². The van der Waals surface area contributed by atoms with Gasteiger partial charge in [-0.15, -0.1) is 11.8 Å². The van der Waals surface area contributed by atoms with Crippen molar-refractivity contribution in [3.05, 3.63) is 54.1 Å². The molecule has 0 aromatic heterocycles. The number of rotatable bonds is 6. The van der Waals surface area contributed by atoms with Crippen LogP contribution in [0, 0.1) is 5.92 Å². The minimum absolute atomic E-state index is 0.0189. The van der Waals surface area contributed by atoms with Gasteiger partial charge in [0, 0.05) is 49.8 Å². The Bertz CT molecular complexity index is 914. The number of benzene rings is 2. The molecule has 1 unspecified atom stereocenters. The van der Waals surface area contributed by atoms with Crippen molar-refractivity contribution in [2.24, 2.45) is 5.92 Å². The average Bonchev–Trinajstić information content (AvgIpc) is 3.10. The lowest BCUT2D eigenvalue weighted by molar-refractivity contribution is -0.128. The van der Waals surface area contributed by atoms with E-state index >= 15 is 0 Å². The van der Waals surface area contributed by atoms with Gasteiger partial charge in [0.2, 0.25) is 17.7 Å². The van der Waals surface area contributed by atoms with E-state index in [1.807, 2.05) is 54.8 Å². The first-order chi connectivity index (χ1) is 13.9. The summed E-state index contributed by atoms with van der Waals surface area (Å²) < 4.78 is 0. The summed E-state index contributed by atoms with van der Waals surface area (Å²) in [7, 11) is 1.73. The van der Waals surface area contributed by atoms with Gasteiger partial charge in [-0.1, -0.05) is 12.1 Å². The molecular formula is C22H25N3O3S. The maximum atomic E-state index is 12.7. The SMILES string of the molecule is CSc1ccc(N2CC(C(=O)Nc3cccc(CN(C)C(C)=O)c3)CC2=O)cc1. The Hall–Kier alpha value is -2.80. The van der Waals surface area contributed by atoms with Gasteiger partial charge in [0.15, 0.2) is 0 Å². The first kappa shape index (κ1) is 20.9. The van der Waals surface area contributed by atoms with E-state index in [0.29, 0.717) is 18.8 Å². The molecule has 1 saturated heterocycles. The summed E-state index contributed by atoms with van der Waals surface area (Å²) in [5.74, 6) is -0.627. The molecule has 2 aromatic rings. The normalized spacial score (nSPS) is 16.0. The van der Waals surface area contributed by atoms with Gasteiger partial charge in [0.1, 0.15) is 0 Å². The Balaban J connectivity index is 1.64. The van der Waals surface area contributed by atoms with Crippen molar-refractivity contribution in [3.8, 4) is 0 Å². The summed E-state index contributed by atoms with van der Waals surface area (Å²) in [6.45, 7) is 2.36. The molecule has 1 heterocycles. The van der Waals surface area contributed by atoms with E-state index < -0.39 is 5.92 Å². The van der Waals surface area contributed by atoms with Gasteiger partial charge in [-0.3, -0.25) is 14.4 Å². The number of thioether (sulfide) groups is 1.